The van der Waals surface area contributed by atoms with Crippen LogP contribution in [-0.4, -0.2) is 24.0 Å². The highest BCUT2D eigenvalue weighted by Gasteiger charge is 2.35. The molecule has 0 spiro atoms. The van der Waals surface area contributed by atoms with Gasteiger partial charge in [0.1, 0.15) is 5.82 Å². The van der Waals surface area contributed by atoms with Crippen LogP contribution in [0.4, 0.5) is 11.4 Å². The van der Waals surface area contributed by atoms with Crippen molar-refractivity contribution in [2.75, 3.05) is 23.3 Å². The van der Waals surface area contributed by atoms with Gasteiger partial charge in [0.15, 0.2) is 0 Å². The minimum atomic E-state index is 0.527. The van der Waals surface area contributed by atoms with Crippen LogP contribution in [0.2, 0.25) is 0 Å². The monoisotopic (exact) mass is 367 g/mol. The Balaban J connectivity index is 1.23. The highest BCUT2D eigenvalue weighted by atomic mass is 15.3. The maximum atomic E-state index is 4.28. The number of rotatable bonds is 2. The van der Waals surface area contributed by atoms with Crippen molar-refractivity contribution in [2.45, 2.75) is 31.3 Å². The summed E-state index contributed by atoms with van der Waals surface area (Å²) in [5.41, 5.74) is 5.52. The van der Waals surface area contributed by atoms with Gasteiger partial charge < -0.3 is 10.2 Å². The SMILES string of the molecule is C=C1Nc2ccccc2N1C1CCN(C2Cc3cccc4cccc2c34)CC1. The molecule has 3 aromatic rings. The zero-order valence-corrected chi connectivity index (χ0v) is 16.1. The predicted octanol–water partition coefficient (Wildman–Crippen LogP) is 5.30. The van der Waals surface area contributed by atoms with E-state index in [0.29, 0.717) is 12.1 Å². The predicted molar refractivity (Wildman–Crippen MR) is 117 cm³/mol. The van der Waals surface area contributed by atoms with E-state index >= 15 is 0 Å². The zero-order chi connectivity index (χ0) is 18.7. The molecule has 2 heterocycles. The highest BCUT2D eigenvalue weighted by molar-refractivity contribution is 5.91. The molecule has 3 aromatic carbocycles. The van der Waals surface area contributed by atoms with Gasteiger partial charge >= 0.3 is 0 Å². The molecule has 0 radical (unpaired) electrons. The molecular formula is C25H25N3. The van der Waals surface area contributed by atoms with Crippen molar-refractivity contribution in [3.05, 3.63) is 84.2 Å². The van der Waals surface area contributed by atoms with Crippen LogP contribution in [0.1, 0.15) is 30.0 Å². The van der Waals surface area contributed by atoms with E-state index in [1.54, 1.807) is 0 Å². The first-order valence-corrected chi connectivity index (χ1v) is 10.4. The lowest BCUT2D eigenvalue weighted by atomic mass is 9.98. The summed E-state index contributed by atoms with van der Waals surface area (Å²) in [6.45, 7) is 6.57. The van der Waals surface area contributed by atoms with Crippen LogP contribution in [0, 0.1) is 0 Å². The Morgan fingerprint density at radius 2 is 1.68 bits per heavy atom. The highest BCUT2D eigenvalue weighted by Crippen LogP contribution is 2.43. The minimum absolute atomic E-state index is 0.527. The van der Waals surface area contributed by atoms with Gasteiger partial charge in [-0.15, -0.1) is 0 Å². The van der Waals surface area contributed by atoms with Crippen LogP contribution < -0.4 is 10.2 Å². The molecule has 3 heteroatoms. The summed E-state index contributed by atoms with van der Waals surface area (Å²) in [6, 6.07) is 23.2. The van der Waals surface area contributed by atoms with Gasteiger partial charge in [-0.1, -0.05) is 55.1 Å². The number of benzene rings is 3. The quantitative estimate of drug-likeness (QED) is 0.663. The van der Waals surface area contributed by atoms with Crippen LogP contribution in [-0.2, 0) is 6.42 Å². The molecule has 1 aliphatic carbocycles. The number of hydrogen-bond donors (Lipinski definition) is 1. The summed E-state index contributed by atoms with van der Waals surface area (Å²) in [4.78, 5) is 5.14. The van der Waals surface area contributed by atoms with Gasteiger partial charge in [-0.05, 0) is 53.3 Å². The maximum Gasteiger partial charge on any atom is 0.103 e. The second-order valence-electron chi connectivity index (χ2n) is 8.31. The van der Waals surface area contributed by atoms with E-state index in [-0.39, 0.29) is 0 Å². The maximum absolute atomic E-state index is 4.28. The molecule has 1 fully saturated rings. The van der Waals surface area contributed by atoms with E-state index in [1.165, 1.54) is 46.1 Å². The molecule has 1 saturated heterocycles. The Hall–Kier alpha value is -2.78. The first-order valence-electron chi connectivity index (χ1n) is 10.4. The number of likely N-dealkylation sites (tertiary alicyclic amines) is 1. The van der Waals surface area contributed by atoms with Crippen LogP contribution in [0.15, 0.2) is 73.1 Å². The number of anilines is 2. The fraction of sp³-hybridized carbons (Fsp3) is 0.280. The average Bonchev–Trinajstić information content (AvgIpc) is 3.27. The van der Waals surface area contributed by atoms with E-state index in [2.05, 4.69) is 82.4 Å². The number of nitrogens with one attached hydrogen (secondary N) is 1. The lowest BCUT2D eigenvalue weighted by Crippen LogP contribution is -2.45. The number of nitrogens with zero attached hydrogens (tertiary/aromatic N) is 2. The van der Waals surface area contributed by atoms with Gasteiger partial charge in [-0.2, -0.15) is 0 Å². The zero-order valence-electron chi connectivity index (χ0n) is 16.1. The molecule has 3 nitrogen and oxygen atoms in total. The second kappa shape index (κ2) is 6.11. The lowest BCUT2D eigenvalue weighted by Gasteiger charge is -2.40. The summed E-state index contributed by atoms with van der Waals surface area (Å²) in [5.74, 6) is 1.03. The topological polar surface area (TPSA) is 18.5 Å². The Bertz CT molecular complexity index is 1070. The third-order valence-electron chi connectivity index (χ3n) is 6.83. The molecule has 0 aromatic heterocycles. The molecule has 0 amide bonds. The molecule has 1 atom stereocenters. The van der Waals surface area contributed by atoms with Gasteiger partial charge in [0.05, 0.1) is 11.4 Å². The van der Waals surface area contributed by atoms with Crippen molar-refractivity contribution in [3.63, 3.8) is 0 Å². The van der Waals surface area contributed by atoms with E-state index in [1.807, 2.05) is 0 Å². The summed E-state index contributed by atoms with van der Waals surface area (Å²) < 4.78 is 0. The Morgan fingerprint density at radius 3 is 2.54 bits per heavy atom. The third kappa shape index (κ3) is 2.33. The van der Waals surface area contributed by atoms with Crippen LogP contribution in [0.25, 0.3) is 10.8 Å². The molecular weight excluding hydrogens is 342 g/mol. The lowest BCUT2D eigenvalue weighted by molar-refractivity contribution is 0.155. The smallest absolute Gasteiger partial charge is 0.103 e. The van der Waals surface area contributed by atoms with Crippen molar-refractivity contribution in [1.82, 2.24) is 4.90 Å². The first kappa shape index (κ1) is 16.2. The summed E-state index contributed by atoms with van der Waals surface area (Å²) in [6.07, 6.45) is 3.51. The third-order valence-corrected chi connectivity index (χ3v) is 6.83. The molecule has 6 rings (SSSR count). The van der Waals surface area contributed by atoms with Gasteiger partial charge in [-0.3, -0.25) is 4.90 Å². The van der Waals surface area contributed by atoms with Crippen LogP contribution >= 0.6 is 0 Å². The van der Waals surface area contributed by atoms with Gasteiger partial charge in [0.2, 0.25) is 0 Å². The van der Waals surface area contributed by atoms with E-state index in [0.717, 1.165) is 25.3 Å². The second-order valence-corrected chi connectivity index (χ2v) is 8.31. The molecule has 2 aliphatic heterocycles. The van der Waals surface area contributed by atoms with Crippen molar-refractivity contribution in [1.29, 1.82) is 0 Å². The molecule has 1 N–H and O–H groups in total. The number of para-hydroxylation sites is 2. The standard InChI is InChI=1S/C25H25N3/c1-17-26-22-10-2-3-11-23(22)28(17)20-12-14-27(15-13-20)24-16-19-8-4-6-18-7-5-9-21(24)25(18)19/h2-11,20,24,26H,1,12-16H2. The minimum Gasteiger partial charge on any atom is -0.340 e. The summed E-state index contributed by atoms with van der Waals surface area (Å²) in [7, 11) is 0. The van der Waals surface area contributed by atoms with Gasteiger partial charge in [0.25, 0.3) is 0 Å². The van der Waals surface area contributed by atoms with Crippen LogP contribution in [0.3, 0.4) is 0 Å². The fourth-order valence-electron chi connectivity index (χ4n) is 5.56. The average molecular weight is 367 g/mol. The largest absolute Gasteiger partial charge is 0.340 e. The number of fused-ring (bicyclic) bond motifs is 1. The summed E-state index contributed by atoms with van der Waals surface area (Å²) in [5, 5.41) is 6.35. The molecule has 140 valence electrons. The van der Waals surface area contributed by atoms with Crippen molar-refractivity contribution < 1.29 is 0 Å². The molecule has 3 aliphatic rings. The van der Waals surface area contributed by atoms with E-state index in [9.17, 15) is 0 Å². The van der Waals surface area contributed by atoms with Crippen molar-refractivity contribution >= 4 is 22.1 Å². The van der Waals surface area contributed by atoms with Gasteiger partial charge in [-0.25, -0.2) is 0 Å². The number of hydrogen-bond acceptors (Lipinski definition) is 3. The van der Waals surface area contributed by atoms with Crippen molar-refractivity contribution in [3.8, 4) is 0 Å². The summed E-state index contributed by atoms with van der Waals surface area (Å²) >= 11 is 0. The van der Waals surface area contributed by atoms with Crippen LogP contribution in [0.5, 0.6) is 0 Å². The molecule has 28 heavy (non-hydrogen) atoms. The van der Waals surface area contributed by atoms with E-state index in [4.69, 9.17) is 0 Å². The van der Waals surface area contributed by atoms with Crippen molar-refractivity contribution in [2.24, 2.45) is 0 Å². The Morgan fingerprint density at radius 1 is 0.893 bits per heavy atom. The normalized spacial score (nSPS) is 21.9. The fourth-order valence-corrected chi connectivity index (χ4v) is 5.56. The molecule has 0 saturated carbocycles. The molecule has 1 unspecified atom stereocenters. The van der Waals surface area contributed by atoms with Gasteiger partial charge in [0, 0.05) is 25.2 Å². The Labute approximate surface area is 166 Å². The molecule has 0 bridgehead atoms. The number of piperidine rings is 1. The Kier molecular flexibility index (Phi) is 3.54. The van der Waals surface area contributed by atoms with E-state index < -0.39 is 0 Å². The first-order chi connectivity index (χ1) is 13.8.